The lowest BCUT2D eigenvalue weighted by molar-refractivity contribution is -0.132. The van der Waals surface area contributed by atoms with Crippen LogP contribution in [0, 0.1) is 11.8 Å². The number of amides is 2. The number of likely N-dealkylation sites (tertiary alicyclic amines) is 1. The lowest BCUT2D eigenvalue weighted by Crippen LogP contribution is -2.44. The van der Waals surface area contributed by atoms with Crippen LogP contribution in [-0.2, 0) is 31.5 Å². The maximum Gasteiger partial charge on any atom is 0.411 e. The van der Waals surface area contributed by atoms with Crippen LogP contribution < -0.4 is 16.2 Å². The Morgan fingerprint density at radius 2 is 1.57 bits per heavy atom. The fraction of sp³-hybridized carbons (Fsp3) is 0.463. The standard InChI is InChI=1S/C54H71N5O7Si/c1-7-59(30-28-55-35-49(66-67(5,6)54(2,3)4)45-21-23-48(60)52-46(45)22-24-50(61)57-52)51(62)27-32-64-31-26-39-19-17-38(18-20-39)25-29-58-36-41-33-43(34-42(41)37-58)65-53(63)56-47-16-12-11-15-44(47)40-13-9-8-10-14-40/h8-24,41-43,49,55,60H,7,25-37H2,1-6H3,(H,56,63)(H,57,61)/t41-,42?,43?,49?/m1/s1. The van der Waals surface area contributed by atoms with E-state index in [0.717, 1.165) is 73.1 Å². The molecule has 1 aliphatic carbocycles. The second kappa shape index (κ2) is 22.7. The van der Waals surface area contributed by atoms with Crippen molar-refractivity contribution in [1.29, 1.82) is 0 Å². The normalized spacial score (nSPS) is 17.9. The molecule has 4 N–H and O–H groups in total. The number of fused-ring (bicyclic) bond motifs is 2. The number of aromatic hydroxyl groups is 1. The summed E-state index contributed by atoms with van der Waals surface area (Å²) in [7, 11) is -2.21. The number of rotatable bonds is 21. The van der Waals surface area contributed by atoms with Crippen LogP contribution in [-0.4, -0.2) is 105 Å². The van der Waals surface area contributed by atoms with Crippen LogP contribution >= 0.6 is 0 Å². The Hall–Kier alpha value is -5.31. The number of aromatic amines is 1. The number of carbonyl (C=O) groups excluding carboxylic acids is 2. The van der Waals surface area contributed by atoms with Crippen LogP contribution in [0.2, 0.25) is 18.1 Å². The number of carbonyl (C=O) groups is 2. The number of ether oxygens (including phenoxy) is 2. The second-order valence-corrected chi connectivity index (χ2v) is 24.6. The number of H-pyrrole nitrogens is 1. The van der Waals surface area contributed by atoms with Crippen LogP contribution in [0.1, 0.15) is 69.8 Å². The molecule has 7 rings (SSSR count). The van der Waals surface area contributed by atoms with Crippen LogP contribution in [0.4, 0.5) is 10.5 Å². The van der Waals surface area contributed by atoms with E-state index in [9.17, 15) is 19.5 Å². The summed E-state index contributed by atoms with van der Waals surface area (Å²) in [5.41, 5.74) is 6.35. The Bertz CT molecular complexity index is 2460. The molecule has 1 aromatic heterocycles. The van der Waals surface area contributed by atoms with Crippen molar-refractivity contribution in [2.75, 3.05) is 64.3 Å². The van der Waals surface area contributed by atoms with Gasteiger partial charge in [0.1, 0.15) is 11.9 Å². The lowest BCUT2D eigenvalue weighted by Gasteiger charge is -2.39. The quantitative estimate of drug-likeness (QED) is 0.0418. The fourth-order valence-electron chi connectivity index (χ4n) is 9.34. The van der Waals surface area contributed by atoms with Crippen molar-refractivity contribution in [2.24, 2.45) is 11.8 Å². The predicted octanol–water partition coefficient (Wildman–Crippen LogP) is 9.55. The van der Waals surface area contributed by atoms with E-state index in [1.807, 2.05) is 72.5 Å². The molecule has 2 aliphatic rings. The molecule has 12 nitrogen and oxygen atoms in total. The molecular weight excluding hydrogens is 859 g/mol. The van der Waals surface area contributed by atoms with Gasteiger partial charge in [-0.1, -0.05) is 99.6 Å². The molecular formula is C54H71N5O7Si. The topological polar surface area (TPSA) is 145 Å². The second-order valence-electron chi connectivity index (χ2n) is 19.8. The highest BCUT2D eigenvalue weighted by atomic mass is 28.4. The first-order valence-electron chi connectivity index (χ1n) is 24.2. The Morgan fingerprint density at radius 3 is 2.27 bits per heavy atom. The lowest BCUT2D eigenvalue weighted by atomic mass is 10.0. The van der Waals surface area contributed by atoms with Gasteiger partial charge in [0.05, 0.1) is 36.9 Å². The van der Waals surface area contributed by atoms with E-state index >= 15 is 0 Å². The summed E-state index contributed by atoms with van der Waals surface area (Å²) in [5.74, 6) is 1.20. The number of pyridine rings is 1. The van der Waals surface area contributed by atoms with Gasteiger partial charge in [-0.3, -0.25) is 14.9 Å². The summed E-state index contributed by atoms with van der Waals surface area (Å²) in [6.07, 6.45) is 3.19. The van der Waals surface area contributed by atoms with Gasteiger partial charge in [0.25, 0.3) is 0 Å². The molecule has 1 saturated carbocycles. The van der Waals surface area contributed by atoms with E-state index in [1.165, 1.54) is 17.2 Å². The molecule has 2 heterocycles. The number of nitrogens with zero attached hydrogens (tertiary/aromatic N) is 2. The first-order valence-corrected chi connectivity index (χ1v) is 27.1. The number of benzene rings is 4. The minimum Gasteiger partial charge on any atom is -0.506 e. The van der Waals surface area contributed by atoms with Gasteiger partial charge in [0, 0.05) is 62.8 Å². The highest BCUT2D eigenvalue weighted by molar-refractivity contribution is 6.74. The van der Waals surface area contributed by atoms with Gasteiger partial charge < -0.3 is 39.1 Å². The third-order valence-corrected chi connectivity index (χ3v) is 18.6. The first-order chi connectivity index (χ1) is 32.2. The summed E-state index contributed by atoms with van der Waals surface area (Å²) < 4.78 is 18.8. The van der Waals surface area contributed by atoms with Crippen molar-refractivity contribution < 1.29 is 28.6 Å². The molecule has 2 fully saturated rings. The average Bonchev–Trinajstić information content (AvgIpc) is 3.86. The highest BCUT2D eigenvalue weighted by Gasteiger charge is 2.42. The third kappa shape index (κ3) is 13.2. The fourth-order valence-corrected chi connectivity index (χ4v) is 10.6. The molecule has 4 atom stereocenters. The minimum absolute atomic E-state index is 0.0210. The van der Waals surface area contributed by atoms with Crippen molar-refractivity contribution in [3.05, 3.63) is 130 Å². The molecule has 5 aromatic rings. The Kier molecular flexibility index (Phi) is 16.8. The zero-order chi connectivity index (χ0) is 47.6. The van der Waals surface area contributed by atoms with Gasteiger partial charge in [0.2, 0.25) is 11.5 Å². The van der Waals surface area contributed by atoms with E-state index in [1.54, 1.807) is 12.1 Å². The third-order valence-electron chi connectivity index (χ3n) is 14.2. The highest BCUT2D eigenvalue weighted by Crippen LogP contribution is 2.42. The van der Waals surface area contributed by atoms with Gasteiger partial charge >= 0.3 is 6.09 Å². The number of aromatic nitrogens is 1. The molecule has 67 heavy (non-hydrogen) atoms. The van der Waals surface area contributed by atoms with E-state index in [0.29, 0.717) is 63.2 Å². The summed E-state index contributed by atoms with van der Waals surface area (Å²) in [4.78, 5) is 45.4. The maximum atomic E-state index is 13.2. The van der Waals surface area contributed by atoms with Gasteiger partial charge in [-0.25, -0.2) is 4.79 Å². The summed E-state index contributed by atoms with van der Waals surface area (Å²) in [6, 6.07) is 33.4. The summed E-state index contributed by atoms with van der Waals surface area (Å²) in [6.45, 7) is 19.3. The van der Waals surface area contributed by atoms with Gasteiger partial charge in [-0.15, -0.1) is 0 Å². The van der Waals surface area contributed by atoms with Crippen LogP contribution in [0.15, 0.2) is 108 Å². The van der Waals surface area contributed by atoms with Crippen molar-refractivity contribution >= 4 is 36.9 Å². The number of phenolic OH excluding ortho intramolecular Hbond substituents is 1. The van der Waals surface area contributed by atoms with Gasteiger partial charge in [-0.05, 0) is 103 Å². The first kappa shape index (κ1) is 49.6. The Morgan fingerprint density at radius 1 is 0.881 bits per heavy atom. The number of anilines is 1. The molecule has 1 saturated heterocycles. The van der Waals surface area contributed by atoms with Crippen molar-refractivity contribution in [2.45, 2.75) is 90.1 Å². The molecule has 0 spiro atoms. The summed E-state index contributed by atoms with van der Waals surface area (Å²) >= 11 is 0. The number of hydrogen-bond acceptors (Lipinski definition) is 9. The van der Waals surface area contributed by atoms with Crippen LogP contribution in [0.25, 0.3) is 22.0 Å². The molecule has 3 unspecified atom stereocenters. The van der Waals surface area contributed by atoms with Crippen molar-refractivity contribution in [1.82, 2.24) is 20.1 Å². The van der Waals surface area contributed by atoms with Crippen LogP contribution in [0.5, 0.6) is 5.75 Å². The number of nitrogens with one attached hydrogen (secondary N) is 3. The van der Waals surface area contributed by atoms with Crippen molar-refractivity contribution in [3.63, 3.8) is 0 Å². The zero-order valence-electron chi connectivity index (χ0n) is 40.3. The average molecular weight is 930 g/mol. The van der Waals surface area contributed by atoms with E-state index in [2.05, 4.69) is 78.6 Å². The molecule has 2 amide bonds. The number of hydrogen-bond donors (Lipinski definition) is 4. The number of likely N-dealkylation sites (N-methyl/N-ethyl adjacent to an activating group) is 1. The predicted molar refractivity (Wildman–Crippen MR) is 270 cm³/mol. The Labute approximate surface area is 397 Å². The van der Waals surface area contributed by atoms with Crippen molar-refractivity contribution in [3.8, 4) is 16.9 Å². The molecule has 4 aromatic carbocycles. The SMILES string of the molecule is CCN(CCNCC(O[Si](C)(C)C(C)(C)C)c1ccc(O)c2[nH]c(=O)ccc12)C(=O)CCOCCc1ccc(CCN2CC3CC(OC(=O)Nc4ccccc4-c4ccccc4)C[C@@H]3C2)cc1. The maximum absolute atomic E-state index is 13.2. The molecule has 0 bridgehead atoms. The van der Waals surface area contributed by atoms with E-state index < -0.39 is 8.32 Å². The number of para-hydroxylation sites is 1. The smallest absolute Gasteiger partial charge is 0.411 e. The van der Waals surface area contributed by atoms with Gasteiger partial charge in [-0.2, -0.15) is 0 Å². The van der Waals surface area contributed by atoms with E-state index in [-0.39, 0.29) is 40.6 Å². The van der Waals surface area contributed by atoms with E-state index in [4.69, 9.17) is 13.9 Å². The summed E-state index contributed by atoms with van der Waals surface area (Å²) in [5, 5.41) is 17.8. The zero-order valence-corrected chi connectivity index (χ0v) is 41.3. The molecule has 358 valence electrons. The minimum atomic E-state index is -2.21. The number of phenols is 1. The molecule has 0 radical (unpaired) electrons. The largest absolute Gasteiger partial charge is 0.506 e. The van der Waals surface area contributed by atoms with Gasteiger partial charge in [0.15, 0.2) is 8.32 Å². The molecule has 13 heteroatoms. The Balaban J connectivity index is 0.774. The molecule has 1 aliphatic heterocycles. The monoisotopic (exact) mass is 930 g/mol. The van der Waals surface area contributed by atoms with Crippen LogP contribution in [0.3, 0.4) is 0 Å².